The van der Waals surface area contributed by atoms with Gasteiger partial charge in [0, 0.05) is 70.9 Å². The Hall–Kier alpha value is -2.81. The van der Waals surface area contributed by atoms with Crippen molar-refractivity contribution >= 4 is 53.0 Å². The van der Waals surface area contributed by atoms with E-state index in [1.165, 1.54) is 8.93 Å². The molecule has 34 heavy (non-hydrogen) atoms. The molecule has 0 radical (unpaired) electrons. The Labute approximate surface area is 216 Å². The van der Waals surface area contributed by atoms with Crippen LogP contribution in [0.3, 0.4) is 0 Å². The number of hydrogen-bond acceptors (Lipinski definition) is 8. The number of methoxy groups -OCH3 is 1. The van der Waals surface area contributed by atoms with Crippen LogP contribution in [0, 0.1) is 11.2 Å². The third-order valence-electron chi connectivity index (χ3n) is 5.47. The normalized spacial score (nSPS) is 13.7. The summed E-state index contributed by atoms with van der Waals surface area (Å²) < 4.78 is 11.7. The van der Waals surface area contributed by atoms with Gasteiger partial charge in [-0.15, -0.1) is 0 Å². The van der Waals surface area contributed by atoms with Gasteiger partial charge in [0.1, 0.15) is 17.3 Å². The van der Waals surface area contributed by atoms with Crippen LogP contribution in [0.1, 0.15) is 5.56 Å². The standard InChI is InChI=1S/C25H26IN5O2S/c1-30-11-13-31(14-12-30)20-7-8-22(23(17-20)32-2)28-24-9-6-18(10-15-34-26)25(29-24)33-21-5-3-4-19(27)16-21/h3-9,16-17H,11-14,27H2,1-2H3,(H,28,29). The minimum atomic E-state index is 0.404. The maximum absolute atomic E-state index is 6.04. The van der Waals surface area contributed by atoms with E-state index in [2.05, 4.69) is 71.7 Å². The van der Waals surface area contributed by atoms with Gasteiger partial charge in [-0.05, 0) is 63.6 Å². The van der Waals surface area contributed by atoms with Crippen molar-refractivity contribution in [2.75, 3.05) is 56.3 Å². The average molecular weight is 587 g/mol. The highest BCUT2D eigenvalue weighted by atomic mass is 127. The fourth-order valence-corrected chi connectivity index (χ4v) is 4.11. The highest BCUT2D eigenvalue weighted by molar-refractivity contribution is 14.2. The molecule has 1 saturated heterocycles. The molecule has 0 aliphatic carbocycles. The van der Waals surface area contributed by atoms with Crippen LogP contribution in [-0.2, 0) is 0 Å². The summed E-state index contributed by atoms with van der Waals surface area (Å²) in [4.78, 5) is 9.40. The summed E-state index contributed by atoms with van der Waals surface area (Å²) in [6, 6.07) is 17.2. The van der Waals surface area contributed by atoms with Crippen molar-refractivity contribution in [2.45, 2.75) is 0 Å². The van der Waals surface area contributed by atoms with Gasteiger partial charge in [-0.1, -0.05) is 6.07 Å². The number of nitrogens with one attached hydrogen (secondary N) is 1. The number of rotatable bonds is 6. The number of nitrogen functional groups attached to an aromatic ring is 1. The summed E-state index contributed by atoms with van der Waals surface area (Å²) in [6.45, 7) is 4.09. The predicted molar refractivity (Wildman–Crippen MR) is 150 cm³/mol. The van der Waals surface area contributed by atoms with Gasteiger partial charge in [0.15, 0.2) is 0 Å². The molecule has 7 nitrogen and oxygen atoms in total. The molecule has 3 N–H and O–H groups in total. The average Bonchev–Trinajstić information content (AvgIpc) is 2.84. The predicted octanol–water partition coefficient (Wildman–Crippen LogP) is 5.35. The highest BCUT2D eigenvalue weighted by Crippen LogP contribution is 2.33. The van der Waals surface area contributed by atoms with Crippen LogP contribution in [0.25, 0.3) is 0 Å². The number of anilines is 4. The molecule has 176 valence electrons. The minimum Gasteiger partial charge on any atom is -0.494 e. The van der Waals surface area contributed by atoms with E-state index in [4.69, 9.17) is 15.2 Å². The molecule has 0 spiro atoms. The fraction of sp³-hybridized carbons (Fsp3) is 0.240. The van der Waals surface area contributed by atoms with Crippen molar-refractivity contribution in [3.63, 3.8) is 0 Å². The number of likely N-dealkylation sites (N-methyl/N-ethyl adjacent to an activating group) is 1. The van der Waals surface area contributed by atoms with Gasteiger partial charge in [-0.3, -0.25) is 0 Å². The largest absolute Gasteiger partial charge is 0.494 e. The molecule has 0 saturated carbocycles. The second kappa shape index (κ2) is 11.6. The molecule has 0 amide bonds. The number of piperazine rings is 1. The van der Waals surface area contributed by atoms with E-state index in [1.807, 2.05) is 36.4 Å². The molecular formula is C25H26IN5O2S. The molecule has 4 rings (SSSR count). The summed E-state index contributed by atoms with van der Waals surface area (Å²) in [6.07, 6.45) is 0. The third-order valence-corrected chi connectivity index (χ3v) is 6.31. The van der Waals surface area contributed by atoms with Crippen molar-refractivity contribution in [3.8, 4) is 28.6 Å². The lowest BCUT2D eigenvalue weighted by Crippen LogP contribution is -2.44. The summed E-state index contributed by atoms with van der Waals surface area (Å²) in [5.41, 5.74) is 9.18. The molecule has 9 heteroatoms. The molecule has 1 aliphatic heterocycles. The van der Waals surface area contributed by atoms with Crippen LogP contribution in [0.15, 0.2) is 54.6 Å². The van der Waals surface area contributed by atoms with Crippen LogP contribution in [0.4, 0.5) is 22.9 Å². The number of ether oxygens (including phenoxy) is 2. The zero-order valence-corrected chi connectivity index (χ0v) is 22.0. The smallest absolute Gasteiger partial charge is 0.237 e. The lowest BCUT2D eigenvalue weighted by atomic mass is 10.2. The van der Waals surface area contributed by atoms with Crippen LogP contribution < -0.4 is 25.4 Å². The first kappa shape index (κ1) is 24.3. The monoisotopic (exact) mass is 587 g/mol. The van der Waals surface area contributed by atoms with E-state index in [-0.39, 0.29) is 0 Å². The van der Waals surface area contributed by atoms with E-state index >= 15 is 0 Å². The molecule has 0 unspecified atom stereocenters. The number of aromatic nitrogens is 1. The van der Waals surface area contributed by atoms with Gasteiger partial charge in [0.05, 0.1) is 18.4 Å². The van der Waals surface area contributed by atoms with Crippen LogP contribution in [0.2, 0.25) is 0 Å². The Morgan fingerprint density at radius 3 is 2.65 bits per heavy atom. The molecule has 2 aromatic carbocycles. The van der Waals surface area contributed by atoms with Crippen molar-refractivity contribution in [1.29, 1.82) is 0 Å². The SMILES string of the molecule is COc1cc(N2CCN(C)CC2)ccc1Nc1ccc(C#CSI)c(Oc2cccc(N)c2)n1. The Balaban J connectivity index is 1.59. The lowest BCUT2D eigenvalue weighted by Gasteiger charge is -2.34. The van der Waals surface area contributed by atoms with E-state index < -0.39 is 0 Å². The molecule has 1 aliphatic rings. The quantitative estimate of drug-likeness (QED) is 0.227. The zero-order valence-electron chi connectivity index (χ0n) is 19.0. The highest BCUT2D eigenvalue weighted by Gasteiger charge is 2.16. The summed E-state index contributed by atoms with van der Waals surface area (Å²) in [5.74, 6) is 5.46. The minimum absolute atomic E-state index is 0.404. The first-order valence-electron chi connectivity index (χ1n) is 10.8. The number of halogens is 1. The molecule has 1 aromatic heterocycles. The van der Waals surface area contributed by atoms with Crippen molar-refractivity contribution < 1.29 is 9.47 Å². The number of nitrogens with zero attached hydrogens (tertiary/aromatic N) is 3. The molecule has 0 atom stereocenters. The lowest BCUT2D eigenvalue weighted by molar-refractivity contribution is 0.312. The summed E-state index contributed by atoms with van der Waals surface area (Å²) in [5, 5.41) is 6.35. The van der Waals surface area contributed by atoms with E-state index in [0.29, 0.717) is 28.7 Å². The van der Waals surface area contributed by atoms with E-state index in [1.54, 1.807) is 13.2 Å². The van der Waals surface area contributed by atoms with Gasteiger partial charge < -0.3 is 30.3 Å². The Morgan fingerprint density at radius 2 is 1.91 bits per heavy atom. The maximum Gasteiger partial charge on any atom is 0.237 e. The first-order chi connectivity index (χ1) is 16.6. The van der Waals surface area contributed by atoms with Gasteiger partial charge in [0.2, 0.25) is 5.88 Å². The molecule has 3 aromatic rings. The molecule has 2 heterocycles. The van der Waals surface area contributed by atoms with Crippen molar-refractivity contribution in [3.05, 3.63) is 60.2 Å². The molecule has 1 fully saturated rings. The Kier molecular flexibility index (Phi) is 8.26. The maximum atomic E-state index is 6.04. The number of pyridine rings is 1. The van der Waals surface area contributed by atoms with Crippen LogP contribution >= 0.6 is 30.1 Å². The van der Waals surface area contributed by atoms with Crippen LogP contribution in [-0.4, -0.2) is 50.2 Å². The van der Waals surface area contributed by atoms with E-state index in [0.717, 1.165) is 43.3 Å². The summed E-state index contributed by atoms with van der Waals surface area (Å²) in [7, 11) is 5.24. The Bertz CT molecular complexity index is 1210. The Morgan fingerprint density at radius 1 is 1.09 bits per heavy atom. The zero-order chi connectivity index (χ0) is 23.9. The summed E-state index contributed by atoms with van der Waals surface area (Å²) >= 11 is 2.14. The third kappa shape index (κ3) is 6.20. The van der Waals surface area contributed by atoms with Gasteiger partial charge in [0.25, 0.3) is 0 Å². The van der Waals surface area contributed by atoms with Gasteiger partial charge in [-0.2, -0.15) is 4.98 Å². The van der Waals surface area contributed by atoms with Gasteiger partial charge >= 0.3 is 0 Å². The van der Waals surface area contributed by atoms with Crippen molar-refractivity contribution in [2.24, 2.45) is 0 Å². The molecular weight excluding hydrogens is 561 g/mol. The fourth-order valence-electron chi connectivity index (χ4n) is 3.63. The number of nitrogens with two attached hydrogens (primary N) is 1. The number of hydrogen-bond donors (Lipinski definition) is 2. The molecule has 0 bridgehead atoms. The van der Waals surface area contributed by atoms with Crippen molar-refractivity contribution in [1.82, 2.24) is 9.88 Å². The second-order valence-corrected chi connectivity index (χ2v) is 9.51. The first-order valence-corrected chi connectivity index (χ1v) is 14.1. The van der Waals surface area contributed by atoms with Gasteiger partial charge in [-0.25, -0.2) is 0 Å². The van der Waals surface area contributed by atoms with Crippen LogP contribution in [0.5, 0.6) is 17.4 Å². The second-order valence-electron chi connectivity index (χ2n) is 7.83. The number of benzene rings is 2. The topological polar surface area (TPSA) is 75.9 Å². The van der Waals surface area contributed by atoms with E-state index in [9.17, 15) is 0 Å².